The summed E-state index contributed by atoms with van der Waals surface area (Å²) in [4.78, 5) is 10.6. The number of hydrogen-bond acceptors (Lipinski definition) is 3. The van der Waals surface area contributed by atoms with E-state index in [1.165, 1.54) is 66.7 Å². The third kappa shape index (κ3) is 3.81. The van der Waals surface area contributed by atoms with Crippen molar-refractivity contribution in [2.75, 3.05) is 0 Å². The molecule has 3 aromatic heterocycles. The molecule has 0 aliphatic heterocycles. The number of rotatable bonds is 3. The van der Waals surface area contributed by atoms with Gasteiger partial charge >= 0.3 is 0 Å². The van der Waals surface area contributed by atoms with Gasteiger partial charge in [-0.1, -0.05) is 121 Å². The third-order valence-corrected chi connectivity index (χ3v) is 11.6. The van der Waals surface area contributed by atoms with Crippen molar-refractivity contribution >= 4 is 39.0 Å². The van der Waals surface area contributed by atoms with Crippen molar-refractivity contribution in [1.82, 2.24) is 14.5 Å². The van der Waals surface area contributed by atoms with Crippen LogP contribution in [0.4, 0.5) is 0 Å². The van der Waals surface area contributed by atoms with Crippen LogP contribution in [-0.2, 0) is 12.8 Å². The van der Waals surface area contributed by atoms with Gasteiger partial charge in [0, 0.05) is 33.5 Å². The van der Waals surface area contributed by atoms with E-state index in [1.54, 1.807) is 0 Å². The summed E-state index contributed by atoms with van der Waals surface area (Å²) < 4.78 is 9.15. The van der Waals surface area contributed by atoms with Gasteiger partial charge in [0.15, 0.2) is 17.2 Å². The summed E-state index contributed by atoms with van der Waals surface area (Å²) in [5, 5.41) is 2.31. The average molecular weight is 666 g/mol. The van der Waals surface area contributed by atoms with E-state index in [0.717, 1.165) is 52.6 Å². The van der Waals surface area contributed by atoms with Gasteiger partial charge in [-0.3, -0.25) is 4.57 Å². The van der Waals surface area contributed by atoms with Gasteiger partial charge < -0.3 is 4.42 Å². The predicted molar refractivity (Wildman–Crippen MR) is 211 cm³/mol. The zero-order valence-electron chi connectivity index (χ0n) is 28.3. The van der Waals surface area contributed by atoms with E-state index < -0.39 is 0 Å². The van der Waals surface area contributed by atoms with E-state index in [9.17, 15) is 0 Å². The van der Waals surface area contributed by atoms with Gasteiger partial charge in [-0.25, -0.2) is 9.97 Å². The minimum atomic E-state index is 0.307. The van der Waals surface area contributed by atoms with E-state index in [1.807, 2.05) is 18.2 Å². The highest BCUT2D eigenvalue weighted by atomic mass is 16.3. The van der Waals surface area contributed by atoms with Gasteiger partial charge in [-0.2, -0.15) is 0 Å². The van der Waals surface area contributed by atoms with E-state index in [-0.39, 0.29) is 0 Å². The minimum absolute atomic E-state index is 0.307. The lowest BCUT2D eigenvalue weighted by molar-refractivity contribution is 0.660. The SMILES string of the molecule is C1=Cc2c(n(-c3nc(-c4ccccc4)nc4c3oc3ccccc34)c3cc4c5c(c23)-c2ccccc2CC5c2ccc(-c3ccccc3)cc2-4)CC1. The number of allylic oxidation sites excluding steroid dienone is 1. The molecule has 0 fully saturated rings. The first kappa shape index (κ1) is 28.2. The maximum atomic E-state index is 6.73. The molecule has 0 amide bonds. The Morgan fingerprint density at radius 1 is 0.673 bits per heavy atom. The number of fused-ring (bicyclic) bond motifs is 12. The van der Waals surface area contributed by atoms with Crippen LogP contribution < -0.4 is 0 Å². The molecule has 12 rings (SSSR count). The lowest BCUT2D eigenvalue weighted by Gasteiger charge is -2.27. The molecule has 1 unspecified atom stereocenters. The molecule has 4 nitrogen and oxygen atoms in total. The largest absolute Gasteiger partial charge is 0.450 e. The maximum Gasteiger partial charge on any atom is 0.197 e. The van der Waals surface area contributed by atoms with Crippen LogP contribution in [-0.4, -0.2) is 14.5 Å². The monoisotopic (exact) mass is 665 g/mol. The van der Waals surface area contributed by atoms with Crippen molar-refractivity contribution in [2.24, 2.45) is 0 Å². The van der Waals surface area contributed by atoms with Crippen molar-refractivity contribution in [2.45, 2.75) is 25.2 Å². The highest BCUT2D eigenvalue weighted by molar-refractivity contribution is 6.12. The number of hydrogen-bond donors (Lipinski definition) is 0. The van der Waals surface area contributed by atoms with Crippen molar-refractivity contribution in [3.05, 3.63) is 167 Å². The second kappa shape index (κ2) is 10.5. The first-order valence-corrected chi connectivity index (χ1v) is 18.2. The topological polar surface area (TPSA) is 43.9 Å². The molecule has 3 aliphatic rings. The van der Waals surface area contributed by atoms with E-state index in [2.05, 4.69) is 132 Å². The van der Waals surface area contributed by atoms with Gasteiger partial charge in [0.1, 0.15) is 11.1 Å². The molecule has 0 N–H and O–H groups in total. The molecule has 0 saturated carbocycles. The molecule has 3 aliphatic carbocycles. The Morgan fingerprint density at radius 2 is 1.46 bits per heavy atom. The first-order valence-electron chi connectivity index (χ1n) is 18.2. The Bertz CT molecular complexity index is 2980. The second-order valence-electron chi connectivity index (χ2n) is 14.3. The molecule has 6 aromatic carbocycles. The zero-order valence-corrected chi connectivity index (χ0v) is 28.3. The number of nitrogens with zero attached hydrogens (tertiary/aromatic N) is 3. The summed E-state index contributed by atoms with van der Waals surface area (Å²) in [7, 11) is 0. The number of benzene rings is 6. The molecule has 3 heterocycles. The Hall–Kier alpha value is -6.52. The number of furan rings is 1. The average Bonchev–Trinajstić information content (AvgIpc) is 3.86. The fourth-order valence-corrected chi connectivity index (χ4v) is 9.37. The molecule has 0 bridgehead atoms. The van der Waals surface area contributed by atoms with Crippen LogP contribution in [0.3, 0.4) is 0 Å². The third-order valence-electron chi connectivity index (χ3n) is 11.6. The molecule has 4 heteroatoms. The lowest BCUT2D eigenvalue weighted by Crippen LogP contribution is -2.10. The van der Waals surface area contributed by atoms with Crippen molar-refractivity contribution in [3.63, 3.8) is 0 Å². The summed E-state index contributed by atoms with van der Waals surface area (Å²) >= 11 is 0. The maximum absolute atomic E-state index is 6.73. The quantitative estimate of drug-likeness (QED) is 0.189. The number of aromatic nitrogens is 3. The second-order valence-corrected chi connectivity index (χ2v) is 14.3. The van der Waals surface area contributed by atoms with E-state index >= 15 is 0 Å². The van der Waals surface area contributed by atoms with Crippen LogP contribution in [0.15, 0.2) is 144 Å². The van der Waals surface area contributed by atoms with Crippen LogP contribution in [0.1, 0.15) is 40.3 Å². The van der Waals surface area contributed by atoms with Crippen LogP contribution in [0.2, 0.25) is 0 Å². The molecular formula is C48H31N3O. The Kier molecular flexibility index (Phi) is 5.70. The fourth-order valence-electron chi connectivity index (χ4n) is 9.37. The van der Waals surface area contributed by atoms with Gasteiger partial charge in [0.05, 0.1) is 5.52 Å². The highest BCUT2D eigenvalue weighted by Crippen LogP contribution is 2.58. The molecule has 9 aromatic rings. The Labute approximate surface area is 300 Å². The minimum Gasteiger partial charge on any atom is -0.450 e. The smallest absolute Gasteiger partial charge is 0.197 e. The summed E-state index contributed by atoms with van der Waals surface area (Å²) in [6.45, 7) is 0. The standard InChI is InChI=1S/C48H31N3O/c1-3-13-28(14-4-1)30-23-24-33-36(25-30)38-27-40-43(44-32-18-8-7-17-31(32)26-37(33)42(38)44)34-19-9-11-21-39(34)51(40)48-46-45(35-20-10-12-22-41(35)52-46)49-47(50-48)29-15-5-2-6-16-29/h1-10,12-20,22-25,27,37H,11,21,26H2. The van der Waals surface area contributed by atoms with E-state index in [4.69, 9.17) is 14.4 Å². The van der Waals surface area contributed by atoms with Gasteiger partial charge in [0.25, 0.3) is 0 Å². The summed E-state index contributed by atoms with van der Waals surface area (Å²) in [6.07, 6.45) is 7.59. The molecule has 1 atom stereocenters. The molecule has 52 heavy (non-hydrogen) atoms. The lowest BCUT2D eigenvalue weighted by atomic mass is 9.76. The molecule has 0 saturated heterocycles. The Balaban J connectivity index is 1.24. The predicted octanol–water partition coefficient (Wildman–Crippen LogP) is 11.9. The van der Waals surface area contributed by atoms with Crippen molar-refractivity contribution in [3.8, 4) is 50.6 Å². The normalized spacial score (nSPS) is 15.2. The fraction of sp³-hybridized carbons (Fsp3) is 0.0833. The molecular weight excluding hydrogens is 635 g/mol. The Morgan fingerprint density at radius 3 is 2.35 bits per heavy atom. The molecule has 244 valence electrons. The van der Waals surface area contributed by atoms with Gasteiger partial charge in [0.2, 0.25) is 0 Å². The van der Waals surface area contributed by atoms with Gasteiger partial charge in [-0.05, 0) is 93.6 Å². The summed E-state index contributed by atoms with van der Waals surface area (Å²) in [5.41, 5.74) is 19.2. The number of para-hydroxylation sites is 1. The van der Waals surface area contributed by atoms with Crippen LogP contribution in [0.5, 0.6) is 0 Å². The summed E-state index contributed by atoms with van der Waals surface area (Å²) in [5.74, 6) is 1.80. The van der Waals surface area contributed by atoms with Crippen LogP contribution in [0, 0.1) is 0 Å². The highest BCUT2D eigenvalue weighted by Gasteiger charge is 2.39. The zero-order chi connectivity index (χ0) is 33.9. The molecule has 0 spiro atoms. The van der Waals surface area contributed by atoms with Crippen LogP contribution in [0.25, 0.3) is 89.6 Å². The molecule has 0 radical (unpaired) electrons. The van der Waals surface area contributed by atoms with Gasteiger partial charge in [-0.15, -0.1) is 0 Å². The van der Waals surface area contributed by atoms with Crippen molar-refractivity contribution < 1.29 is 4.42 Å². The van der Waals surface area contributed by atoms with E-state index in [0.29, 0.717) is 17.3 Å². The first-order chi connectivity index (χ1) is 25.8. The van der Waals surface area contributed by atoms with Crippen LogP contribution >= 0.6 is 0 Å². The van der Waals surface area contributed by atoms with Crippen molar-refractivity contribution in [1.29, 1.82) is 0 Å². The summed E-state index contributed by atoms with van der Waals surface area (Å²) in [6, 6.07) is 48.0.